The maximum atomic E-state index is 5.79. The van der Waals surface area contributed by atoms with Crippen molar-refractivity contribution in [1.29, 1.82) is 0 Å². The molecule has 3 rings (SSSR count). The molecule has 1 heterocycles. The summed E-state index contributed by atoms with van der Waals surface area (Å²) in [6.07, 6.45) is 0. The highest BCUT2D eigenvalue weighted by Crippen LogP contribution is 2.36. The van der Waals surface area contributed by atoms with Crippen LogP contribution in [0.1, 0.15) is 5.89 Å². The molecule has 0 fully saturated rings. The van der Waals surface area contributed by atoms with Crippen molar-refractivity contribution >= 4 is 47.1 Å². The van der Waals surface area contributed by atoms with Crippen LogP contribution in [0.4, 0.5) is 5.69 Å². The van der Waals surface area contributed by atoms with Crippen LogP contribution in [0.2, 0.25) is 0 Å². The number of para-hydroxylation sites is 4. The molecule has 0 radical (unpaired) electrons. The third-order valence-electron chi connectivity index (χ3n) is 3.05. The summed E-state index contributed by atoms with van der Waals surface area (Å²) in [6, 6.07) is 15.7. The van der Waals surface area contributed by atoms with Crippen molar-refractivity contribution < 1.29 is 9.15 Å². The Labute approximate surface area is 139 Å². The molecule has 0 N–H and O–H groups in total. The van der Waals surface area contributed by atoms with Gasteiger partial charge in [0.15, 0.2) is 5.58 Å². The van der Waals surface area contributed by atoms with Crippen molar-refractivity contribution in [2.45, 2.75) is 6.54 Å². The van der Waals surface area contributed by atoms with Gasteiger partial charge in [-0.25, -0.2) is 4.98 Å². The molecule has 2 aromatic carbocycles. The molecule has 0 unspecified atom stereocenters. The average molecular weight is 412 g/mol. The van der Waals surface area contributed by atoms with Crippen LogP contribution in [0.15, 0.2) is 52.9 Å². The van der Waals surface area contributed by atoms with E-state index in [9.17, 15) is 0 Å². The first-order valence-electron chi connectivity index (χ1n) is 6.35. The van der Waals surface area contributed by atoms with Gasteiger partial charge >= 0.3 is 0 Å². The van der Waals surface area contributed by atoms with Gasteiger partial charge in [0.05, 0.1) is 12.8 Å². The van der Waals surface area contributed by atoms with Crippen molar-refractivity contribution in [3.8, 4) is 5.75 Å². The first-order chi connectivity index (χ1) is 10.3. The van der Waals surface area contributed by atoms with Crippen LogP contribution in [0.25, 0.3) is 11.1 Å². The van der Waals surface area contributed by atoms with Crippen molar-refractivity contribution in [3.63, 3.8) is 0 Å². The van der Waals surface area contributed by atoms with E-state index in [0.717, 1.165) is 22.5 Å². The second-order valence-electron chi connectivity index (χ2n) is 4.35. The number of aromatic nitrogens is 1. The predicted octanol–water partition coefficient (Wildman–Crippen LogP) is 4.84. The normalized spacial score (nSPS) is 10.8. The van der Waals surface area contributed by atoms with Crippen LogP contribution in [0.5, 0.6) is 5.75 Å². The number of rotatable bonds is 5. The SMILES string of the molecule is COc1ccccc1N(Cc1nc2ccccc2o1)SI. The quantitative estimate of drug-likeness (QED) is 0.443. The molecular weight excluding hydrogens is 399 g/mol. The zero-order valence-corrected chi connectivity index (χ0v) is 14.3. The largest absolute Gasteiger partial charge is 0.495 e. The van der Waals surface area contributed by atoms with Crippen LogP contribution in [-0.4, -0.2) is 12.1 Å². The Kier molecular flexibility index (Phi) is 4.54. The molecule has 0 saturated carbocycles. The fraction of sp³-hybridized carbons (Fsp3) is 0.133. The molecule has 1 aromatic heterocycles. The fourth-order valence-electron chi connectivity index (χ4n) is 2.09. The van der Waals surface area contributed by atoms with Crippen LogP contribution in [-0.2, 0) is 6.54 Å². The highest BCUT2D eigenvalue weighted by Gasteiger charge is 2.15. The van der Waals surface area contributed by atoms with E-state index in [-0.39, 0.29) is 0 Å². The van der Waals surface area contributed by atoms with Crippen molar-refractivity contribution in [3.05, 3.63) is 54.4 Å². The summed E-state index contributed by atoms with van der Waals surface area (Å²) in [5.41, 5.74) is 2.69. The predicted molar refractivity (Wildman–Crippen MR) is 94.8 cm³/mol. The molecule has 3 aromatic rings. The third-order valence-corrected chi connectivity index (χ3v) is 4.97. The van der Waals surface area contributed by atoms with E-state index in [0.29, 0.717) is 12.4 Å². The minimum atomic E-state index is 0.572. The lowest BCUT2D eigenvalue weighted by molar-refractivity contribution is 0.415. The number of anilines is 1. The Bertz CT molecular complexity index is 714. The van der Waals surface area contributed by atoms with Gasteiger partial charge in [0.1, 0.15) is 17.8 Å². The number of oxazole rings is 1. The number of hydrogen-bond donors (Lipinski definition) is 0. The molecule has 21 heavy (non-hydrogen) atoms. The highest BCUT2D eigenvalue weighted by atomic mass is 127. The van der Waals surface area contributed by atoms with Gasteiger partial charge in [-0.2, -0.15) is 0 Å². The van der Waals surface area contributed by atoms with E-state index in [1.54, 1.807) is 16.2 Å². The summed E-state index contributed by atoms with van der Waals surface area (Å²) in [4.78, 5) is 4.52. The standard InChI is InChI=1S/C15H13IN2O2S/c1-19-14-9-5-3-7-12(14)18(21-16)10-15-17-11-6-2-4-8-13(11)20-15/h2-9H,10H2,1H3. The molecular formula is C15H13IN2O2S. The lowest BCUT2D eigenvalue weighted by Gasteiger charge is -2.20. The third kappa shape index (κ3) is 3.11. The van der Waals surface area contributed by atoms with Gasteiger partial charge in [-0.3, -0.25) is 4.31 Å². The van der Waals surface area contributed by atoms with Crippen molar-refractivity contribution in [1.82, 2.24) is 4.98 Å². The lowest BCUT2D eigenvalue weighted by atomic mass is 10.3. The maximum Gasteiger partial charge on any atom is 0.216 e. The second-order valence-corrected chi connectivity index (χ2v) is 6.11. The smallest absolute Gasteiger partial charge is 0.216 e. The van der Waals surface area contributed by atoms with Crippen LogP contribution >= 0.6 is 30.3 Å². The van der Waals surface area contributed by atoms with Gasteiger partial charge in [-0.1, -0.05) is 24.3 Å². The molecule has 0 spiro atoms. The summed E-state index contributed by atoms with van der Waals surface area (Å²) >= 11 is 2.25. The van der Waals surface area contributed by atoms with Crippen LogP contribution < -0.4 is 9.04 Å². The van der Waals surface area contributed by atoms with Gasteiger partial charge in [0.25, 0.3) is 0 Å². The molecule has 0 amide bonds. The van der Waals surface area contributed by atoms with Crippen LogP contribution in [0.3, 0.4) is 0 Å². The Hall–Kier alpha value is -1.41. The fourth-order valence-corrected chi connectivity index (χ4v) is 3.53. The van der Waals surface area contributed by atoms with E-state index in [2.05, 4.69) is 30.5 Å². The number of hydrogen-bond acceptors (Lipinski definition) is 5. The highest BCUT2D eigenvalue weighted by molar-refractivity contribution is 14.2. The number of methoxy groups -OCH3 is 1. The minimum absolute atomic E-state index is 0.572. The van der Waals surface area contributed by atoms with E-state index in [4.69, 9.17) is 9.15 Å². The molecule has 0 atom stereocenters. The minimum Gasteiger partial charge on any atom is -0.495 e. The molecule has 0 saturated heterocycles. The Morgan fingerprint density at radius 1 is 1.19 bits per heavy atom. The maximum absolute atomic E-state index is 5.79. The Morgan fingerprint density at radius 3 is 2.71 bits per heavy atom. The van der Waals surface area contributed by atoms with Gasteiger partial charge in [-0.15, -0.1) is 0 Å². The molecule has 0 aliphatic heterocycles. The number of halogens is 1. The number of fused-ring (bicyclic) bond motifs is 1. The van der Waals surface area contributed by atoms with Gasteiger partial charge in [0.2, 0.25) is 5.89 Å². The van der Waals surface area contributed by atoms with Gasteiger partial charge in [0, 0.05) is 30.3 Å². The summed E-state index contributed by atoms with van der Waals surface area (Å²) in [6.45, 7) is 0.572. The Morgan fingerprint density at radius 2 is 1.95 bits per heavy atom. The zero-order chi connectivity index (χ0) is 14.7. The van der Waals surface area contributed by atoms with E-state index >= 15 is 0 Å². The van der Waals surface area contributed by atoms with Crippen molar-refractivity contribution in [2.24, 2.45) is 0 Å². The first kappa shape index (κ1) is 14.5. The first-order valence-corrected chi connectivity index (χ1v) is 9.67. The molecule has 0 bridgehead atoms. The molecule has 4 nitrogen and oxygen atoms in total. The van der Waals surface area contributed by atoms with Gasteiger partial charge < -0.3 is 9.15 Å². The topological polar surface area (TPSA) is 38.5 Å². The van der Waals surface area contributed by atoms with Gasteiger partial charge in [-0.05, 0) is 24.3 Å². The summed E-state index contributed by atoms with van der Waals surface area (Å²) in [5, 5.41) is 0. The number of ether oxygens (including phenoxy) is 1. The average Bonchev–Trinajstić information content (AvgIpc) is 2.95. The monoisotopic (exact) mass is 412 g/mol. The second kappa shape index (κ2) is 6.57. The number of nitrogens with zero attached hydrogens (tertiary/aromatic N) is 2. The van der Waals surface area contributed by atoms with E-state index in [1.165, 1.54) is 0 Å². The molecule has 0 aliphatic rings. The van der Waals surface area contributed by atoms with E-state index in [1.807, 2.05) is 48.5 Å². The molecule has 6 heteroatoms. The Balaban J connectivity index is 1.90. The summed E-state index contributed by atoms with van der Waals surface area (Å²) < 4.78 is 13.3. The van der Waals surface area contributed by atoms with E-state index < -0.39 is 0 Å². The van der Waals surface area contributed by atoms with Crippen LogP contribution in [0, 0.1) is 0 Å². The number of benzene rings is 2. The lowest BCUT2D eigenvalue weighted by Crippen LogP contribution is -2.13. The molecule has 0 aliphatic carbocycles. The summed E-state index contributed by atoms with van der Waals surface area (Å²) in [7, 11) is 3.26. The molecule has 108 valence electrons. The zero-order valence-electron chi connectivity index (χ0n) is 11.3. The summed E-state index contributed by atoms with van der Waals surface area (Å²) in [5.74, 6) is 1.52. The van der Waals surface area contributed by atoms with Crippen molar-refractivity contribution in [2.75, 3.05) is 11.4 Å².